The summed E-state index contributed by atoms with van der Waals surface area (Å²) in [7, 11) is 0. The molecule has 0 aromatic carbocycles. The van der Waals surface area contributed by atoms with Gasteiger partial charge >= 0.3 is 0 Å². The van der Waals surface area contributed by atoms with Crippen LogP contribution in [-0.4, -0.2) is 25.3 Å². The number of rotatable bonds is 4. The molecule has 1 amide bonds. The van der Waals surface area contributed by atoms with Gasteiger partial charge in [0, 0.05) is 18.9 Å². The molecular weight excluding hydrogens is 156 g/mol. The molecule has 3 N–H and O–H groups in total. The number of carbonyl (C=O) groups is 1. The van der Waals surface area contributed by atoms with E-state index in [1.165, 1.54) is 0 Å². The molecule has 1 unspecified atom stereocenters. The van der Waals surface area contributed by atoms with Crippen LogP contribution in [0.2, 0.25) is 0 Å². The van der Waals surface area contributed by atoms with Crippen LogP contribution in [0.5, 0.6) is 0 Å². The Morgan fingerprint density at radius 2 is 2.50 bits per heavy atom. The number of amides is 1. The van der Waals surface area contributed by atoms with Gasteiger partial charge in [-0.05, 0) is 19.9 Å². The summed E-state index contributed by atoms with van der Waals surface area (Å²) in [5, 5.41) is 3.18. The van der Waals surface area contributed by atoms with Gasteiger partial charge in [0.1, 0.15) is 6.23 Å². The molecule has 0 bridgehead atoms. The fraction of sp³-hybridized carbons (Fsp3) is 0.875. The second-order valence-electron chi connectivity index (χ2n) is 3.05. The van der Waals surface area contributed by atoms with Crippen molar-refractivity contribution in [3.63, 3.8) is 0 Å². The van der Waals surface area contributed by atoms with E-state index in [4.69, 9.17) is 10.5 Å². The number of carbonyl (C=O) groups excluding carboxylic acids is 1. The Kier molecular flexibility index (Phi) is 3.49. The molecule has 2 atom stereocenters. The summed E-state index contributed by atoms with van der Waals surface area (Å²) in [6.07, 6.45) is 1.44. The highest BCUT2D eigenvalue weighted by Crippen LogP contribution is 2.19. The van der Waals surface area contributed by atoms with Gasteiger partial charge in [-0.1, -0.05) is 0 Å². The Labute approximate surface area is 72.5 Å². The molecular formula is C8H16N2O2. The summed E-state index contributed by atoms with van der Waals surface area (Å²) in [5.74, 6) is 0.0239. The minimum Gasteiger partial charge on any atom is -0.370 e. The highest BCUT2D eigenvalue weighted by atomic mass is 16.5. The lowest BCUT2D eigenvalue weighted by Gasteiger charge is -2.17. The van der Waals surface area contributed by atoms with Crippen molar-refractivity contribution in [1.82, 2.24) is 5.32 Å². The molecule has 1 fully saturated rings. The Morgan fingerprint density at radius 1 is 1.75 bits per heavy atom. The van der Waals surface area contributed by atoms with Crippen LogP contribution in [0, 0.1) is 5.92 Å². The average molecular weight is 172 g/mol. The van der Waals surface area contributed by atoms with Crippen molar-refractivity contribution in [3.05, 3.63) is 0 Å². The second kappa shape index (κ2) is 4.42. The van der Waals surface area contributed by atoms with E-state index < -0.39 is 0 Å². The van der Waals surface area contributed by atoms with Crippen LogP contribution in [0.25, 0.3) is 0 Å². The van der Waals surface area contributed by atoms with Crippen molar-refractivity contribution in [2.75, 3.05) is 13.2 Å². The van der Waals surface area contributed by atoms with Crippen molar-refractivity contribution in [2.24, 2.45) is 11.7 Å². The van der Waals surface area contributed by atoms with Crippen LogP contribution in [0.3, 0.4) is 0 Å². The molecule has 1 aliphatic rings. The monoisotopic (exact) mass is 172 g/mol. The van der Waals surface area contributed by atoms with E-state index in [-0.39, 0.29) is 18.1 Å². The lowest BCUT2D eigenvalue weighted by molar-refractivity contribution is -0.120. The Hall–Kier alpha value is -0.610. The minimum atomic E-state index is -0.242. The highest BCUT2D eigenvalue weighted by molar-refractivity contribution is 5.74. The van der Waals surface area contributed by atoms with Gasteiger partial charge in [0.15, 0.2) is 0 Å². The lowest BCUT2D eigenvalue weighted by atomic mass is 10.0. The second-order valence-corrected chi connectivity index (χ2v) is 3.05. The first-order valence-corrected chi connectivity index (χ1v) is 4.37. The van der Waals surface area contributed by atoms with Gasteiger partial charge in [-0.15, -0.1) is 0 Å². The van der Waals surface area contributed by atoms with E-state index in [2.05, 4.69) is 5.32 Å². The maximum Gasteiger partial charge on any atom is 0.217 e. The number of nitrogens with two attached hydrogens (primary N) is 1. The molecule has 0 radical (unpaired) electrons. The standard InChI is InChI=1S/C8H16N2O2/c1-2-12-8-6(3-4-10-8)5-7(9)11/h6,8,10H,2-5H2,1H3,(H2,9,11)/t6-,8?/m0/s1. The van der Waals surface area contributed by atoms with E-state index in [9.17, 15) is 4.79 Å². The Balaban J connectivity index is 2.35. The topological polar surface area (TPSA) is 64.3 Å². The number of hydrogen-bond acceptors (Lipinski definition) is 3. The zero-order valence-electron chi connectivity index (χ0n) is 7.38. The zero-order valence-corrected chi connectivity index (χ0v) is 7.38. The largest absolute Gasteiger partial charge is 0.370 e. The molecule has 1 aliphatic heterocycles. The average Bonchev–Trinajstić information content (AvgIpc) is 2.37. The van der Waals surface area contributed by atoms with Crippen LogP contribution in [0.1, 0.15) is 19.8 Å². The Bertz CT molecular complexity index is 161. The SMILES string of the molecule is CCOC1NCC[C@H]1CC(N)=O. The fourth-order valence-corrected chi connectivity index (χ4v) is 1.57. The van der Waals surface area contributed by atoms with E-state index >= 15 is 0 Å². The number of primary amides is 1. The molecule has 1 heterocycles. The third-order valence-corrected chi connectivity index (χ3v) is 2.10. The predicted molar refractivity (Wildman–Crippen MR) is 45.3 cm³/mol. The summed E-state index contributed by atoms with van der Waals surface area (Å²) in [6, 6.07) is 0. The highest BCUT2D eigenvalue weighted by Gasteiger charge is 2.28. The maximum absolute atomic E-state index is 10.6. The van der Waals surface area contributed by atoms with E-state index in [1.54, 1.807) is 0 Å². The first kappa shape index (κ1) is 9.48. The van der Waals surface area contributed by atoms with Crippen LogP contribution < -0.4 is 11.1 Å². The molecule has 0 aromatic rings. The van der Waals surface area contributed by atoms with Gasteiger partial charge in [-0.3, -0.25) is 10.1 Å². The van der Waals surface area contributed by atoms with E-state index in [0.717, 1.165) is 13.0 Å². The van der Waals surface area contributed by atoms with Crippen molar-refractivity contribution in [3.8, 4) is 0 Å². The molecule has 12 heavy (non-hydrogen) atoms. The minimum absolute atomic E-state index is 0.0301. The quantitative estimate of drug-likeness (QED) is 0.619. The third-order valence-electron chi connectivity index (χ3n) is 2.10. The van der Waals surface area contributed by atoms with Crippen LogP contribution in [0.4, 0.5) is 0 Å². The van der Waals surface area contributed by atoms with Crippen LogP contribution >= 0.6 is 0 Å². The van der Waals surface area contributed by atoms with Gasteiger partial charge in [0.2, 0.25) is 5.91 Å². The molecule has 0 saturated carbocycles. The van der Waals surface area contributed by atoms with Crippen molar-refractivity contribution >= 4 is 5.91 Å². The molecule has 4 heteroatoms. The first-order chi connectivity index (χ1) is 5.74. The molecule has 1 rings (SSSR count). The van der Waals surface area contributed by atoms with Crippen LogP contribution in [-0.2, 0) is 9.53 Å². The van der Waals surface area contributed by atoms with Gasteiger partial charge in [0.25, 0.3) is 0 Å². The van der Waals surface area contributed by atoms with Crippen molar-refractivity contribution in [2.45, 2.75) is 26.0 Å². The summed E-state index contributed by atoms with van der Waals surface area (Å²) >= 11 is 0. The van der Waals surface area contributed by atoms with Crippen LogP contribution in [0.15, 0.2) is 0 Å². The van der Waals surface area contributed by atoms with Gasteiger partial charge in [-0.25, -0.2) is 0 Å². The molecule has 0 aromatic heterocycles. The van der Waals surface area contributed by atoms with Crippen molar-refractivity contribution in [1.29, 1.82) is 0 Å². The van der Waals surface area contributed by atoms with Crippen molar-refractivity contribution < 1.29 is 9.53 Å². The lowest BCUT2D eigenvalue weighted by Crippen LogP contribution is -2.32. The first-order valence-electron chi connectivity index (χ1n) is 4.37. The summed E-state index contributed by atoms with van der Waals surface area (Å²) < 4.78 is 5.40. The van der Waals surface area contributed by atoms with E-state index in [0.29, 0.717) is 13.0 Å². The Morgan fingerprint density at radius 3 is 3.08 bits per heavy atom. The van der Waals surface area contributed by atoms with Gasteiger partial charge < -0.3 is 10.5 Å². The summed E-state index contributed by atoms with van der Waals surface area (Å²) in [5.41, 5.74) is 5.11. The number of ether oxygens (including phenoxy) is 1. The normalized spacial score (nSPS) is 29.1. The molecule has 4 nitrogen and oxygen atoms in total. The van der Waals surface area contributed by atoms with E-state index in [1.807, 2.05) is 6.92 Å². The fourth-order valence-electron chi connectivity index (χ4n) is 1.57. The smallest absolute Gasteiger partial charge is 0.217 e. The summed E-state index contributed by atoms with van der Waals surface area (Å²) in [4.78, 5) is 10.6. The predicted octanol–water partition coefficient (Wildman–Crippen LogP) is -0.166. The number of nitrogens with one attached hydrogen (secondary N) is 1. The van der Waals surface area contributed by atoms with Gasteiger partial charge in [0.05, 0.1) is 0 Å². The van der Waals surface area contributed by atoms with Gasteiger partial charge in [-0.2, -0.15) is 0 Å². The zero-order chi connectivity index (χ0) is 8.97. The molecule has 70 valence electrons. The number of hydrogen-bond donors (Lipinski definition) is 2. The third kappa shape index (κ3) is 2.46. The maximum atomic E-state index is 10.6. The molecule has 0 aliphatic carbocycles. The molecule has 1 saturated heterocycles. The summed E-state index contributed by atoms with van der Waals surface area (Å²) in [6.45, 7) is 3.54. The molecule has 0 spiro atoms.